The molecule has 2 aromatic rings. The topological polar surface area (TPSA) is 43.0 Å². The van der Waals surface area contributed by atoms with E-state index in [1.54, 1.807) is 0 Å². The lowest BCUT2D eigenvalue weighted by atomic mass is 9.95. The molecule has 0 unspecified atom stereocenters. The number of nitrogens with zero attached hydrogens (tertiary/aromatic N) is 1. The first-order valence-corrected chi connectivity index (χ1v) is 10.3. The highest BCUT2D eigenvalue weighted by atomic mass is 79.9. The van der Waals surface area contributed by atoms with Crippen LogP contribution in [0.2, 0.25) is 0 Å². The number of hydrogen-bond donors (Lipinski definition) is 2. The van der Waals surface area contributed by atoms with Crippen molar-refractivity contribution in [2.45, 2.75) is 57.4 Å². The van der Waals surface area contributed by atoms with Crippen LogP contribution in [0.25, 0.3) is 10.9 Å². The third-order valence-electron chi connectivity index (χ3n) is 5.20. The molecule has 3 rings (SSSR count). The van der Waals surface area contributed by atoms with Crippen molar-refractivity contribution in [1.29, 1.82) is 0 Å². The number of nitrogens with two attached hydrogens (primary N) is 1. The fraction of sp³-hybridized carbons (Fsp3) is 0.600. The predicted molar refractivity (Wildman–Crippen MR) is 114 cm³/mol. The van der Waals surface area contributed by atoms with Crippen LogP contribution >= 0.6 is 28.3 Å². The summed E-state index contributed by atoms with van der Waals surface area (Å²) in [5, 5.41) is 4.92. The smallest absolute Gasteiger partial charge is 0.0486 e. The summed E-state index contributed by atoms with van der Waals surface area (Å²) in [4.78, 5) is 0. The molecule has 25 heavy (non-hydrogen) atoms. The summed E-state index contributed by atoms with van der Waals surface area (Å²) in [5.41, 5.74) is 8.45. The summed E-state index contributed by atoms with van der Waals surface area (Å²) in [7, 11) is 0. The molecule has 0 radical (unpaired) electrons. The monoisotopic (exact) mass is 427 g/mol. The van der Waals surface area contributed by atoms with Gasteiger partial charge in [0.2, 0.25) is 0 Å². The molecule has 1 fully saturated rings. The second-order valence-electron chi connectivity index (χ2n) is 7.01. The maximum Gasteiger partial charge on any atom is 0.0486 e. The van der Waals surface area contributed by atoms with Crippen LogP contribution in [-0.4, -0.2) is 24.2 Å². The van der Waals surface area contributed by atoms with Crippen molar-refractivity contribution in [3.05, 3.63) is 34.4 Å². The Morgan fingerprint density at radius 2 is 1.88 bits per heavy atom. The standard InChI is InChI=1S/C20H30BrN3.ClH/c21-17-9-10-20-19(14-17)16(6-4-12-23-13-5-11-22)15-24(20)18-7-2-1-3-8-18;/h9-10,14-15,18,23H,1-8,11-13,22H2;1H. The van der Waals surface area contributed by atoms with Gasteiger partial charge in [-0.15, -0.1) is 12.4 Å². The van der Waals surface area contributed by atoms with E-state index in [0.29, 0.717) is 6.04 Å². The van der Waals surface area contributed by atoms with Gasteiger partial charge in [0.05, 0.1) is 0 Å². The second-order valence-corrected chi connectivity index (χ2v) is 7.93. The Labute approximate surface area is 166 Å². The van der Waals surface area contributed by atoms with Crippen molar-refractivity contribution in [1.82, 2.24) is 9.88 Å². The Hall–Kier alpha value is -0.550. The Kier molecular flexibility index (Phi) is 8.77. The summed E-state index contributed by atoms with van der Waals surface area (Å²) in [6, 6.07) is 7.46. The van der Waals surface area contributed by atoms with Crippen LogP contribution in [0, 0.1) is 0 Å². The highest BCUT2D eigenvalue weighted by Gasteiger charge is 2.18. The summed E-state index contributed by atoms with van der Waals surface area (Å²) in [5.74, 6) is 0. The van der Waals surface area contributed by atoms with Gasteiger partial charge >= 0.3 is 0 Å². The maximum absolute atomic E-state index is 5.54. The van der Waals surface area contributed by atoms with Gasteiger partial charge in [-0.1, -0.05) is 35.2 Å². The van der Waals surface area contributed by atoms with Crippen LogP contribution in [0.15, 0.2) is 28.9 Å². The molecular weight excluding hydrogens is 398 g/mol. The number of halogens is 2. The van der Waals surface area contributed by atoms with Crippen LogP contribution in [0.4, 0.5) is 0 Å². The summed E-state index contributed by atoms with van der Waals surface area (Å²) in [6.45, 7) is 2.88. The molecule has 140 valence electrons. The van der Waals surface area contributed by atoms with E-state index in [9.17, 15) is 0 Å². The van der Waals surface area contributed by atoms with Crippen LogP contribution in [0.3, 0.4) is 0 Å². The van der Waals surface area contributed by atoms with E-state index in [4.69, 9.17) is 5.73 Å². The lowest BCUT2D eigenvalue weighted by molar-refractivity contribution is 0.360. The zero-order valence-corrected chi connectivity index (χ0v) is 17.4. The second kappa shape index (κ2) is 10.6. The number of aromatic nitrogens is 1. The summed E-state index contributed by atoms with van der Waals surface area (Å²) in [6.07, 6.45) is 12.6. The molecule has 1 heterocycles. The van der Waals surface area contributed by atoms with Crippen LogP contribution in [-0.2, 0) is 6.42 Å². The van der Waals surface area contributed by atoms with E-state index in [1.807, 2.05) is 0 Å². The fourth-order valence-electron chi connectivity index (χ4n) is 3.91. The van der Waals surface area contributed by atoms with Gasteiger partial charge in [-0.25, -0.2) is 0 Å². The molecular formula is C20H31BrClN3. The zero-order valence-electron chi connectivity index (χ0n) is 15.0. The normalized spacial score (nSPS) is 15.4. The van der Waals surface area contributed by atoms with E-state index in [-0.39, 0.29) is 12.4 Å². The number of benzene rings is 1. The highest BCUT2D eigenvalue weighted by molar-refractivity contribution is 9.10. The van der Waals surface area contributed by atoms with Gasteiger partial charge in [0.15, 0.2) is 0 Å². The Morgan fingerprint density at radius 1 is 1.12 bits per heavy atom. The predicted octanol–water partition coefficient (Wildman–Crippen LogP) is 5.20. The molecule has 0 atom stereocenters. The minimum atomic E-state index is 0. The van der Waals surface area contributed by atoms with Crippen molar-refractivity contribution in [2.75, 3.05) is 19.6 Å². The molecule has 1 aromatic heterocycles. The van der Waals surface area contributed by atoms with Crippen molar-refractivity contribution < 1.29 is 0 Å². The zero-order chi connectivity index (χ0) is 16.8. The van der Waals surface area contributed by atoms with Gasteiger partial charge in [-0.05, 0) is 75.5 Å². The number of rotatable bonds is 8. The number of aryl methyl sites for hydroxylation is 1. The van der Waals surface area contributed by atoms with Gasteiger partial charge in [0.1, 0.15) is 0 Å². The Morgan fingerprint density at radius 3 is 2.64 bits per heavy atom. The van der Waals surface area contributed by atoms with Crippen molar-refractivity contribution in [3.8, 4) is 0 Å². The fourth-order valence-corrected chi connectivity index (χ4v) is 4.28. The summed E-state index contributed by atoms with van der Waals surface area (Å²) < 4.78 is 3.75. The molecule has 0 saturated heterocycles. The molecule has 1 saturated carbocycles. The van der Waals surface area contributed by atoms with Crippen LogP contribution in [0.5, 0.6) is 0 Å². The lowest BCUT2D eigenvalue weighted by Gasteiger charge is -2.24. The van der Waals surface area contributed by atoms with Crippen molar-refractivity contribution in [2.24, 2.45) is 5.73 Å². The quantitative estimate of drug-likeness (QED) is 0.567. The molecule has 0 aliphatic heterocycles. The van der Waals surface area contributed by atoms with Gasteiger partial charge in [0.25, 0.3) is 0 Å². The van der Waals surface area contributed by atoms with Crippen LogP contribution in [0.1, 0.15) is 56.6 Å². The van der Waals surface area contributed by atoms with E-state index in [2.05, 4.69) is 50.2 Å². The van der Waals surface area contributed by atoms with E-state index in [0.717, 1.165) is 32.5 Å². The maximum atomic E-state index is 5.54. The van der Waals surface area contributed by atoms with Gasteiger partial charge in [0, 0.05) is 27.6 Å². The van der Waals surface area contributed by atoms with E-state index < -0.39 is 0 Å². The van der Waals surface area contributed by atoms with Gasteiger partial charge in [-0.3, -0.25) is 0 Å². The molecule has 0 bridgehead atoms. The first kappa shape index (κ1) is 20.8. The molecule has 1 aliphatic rings. The molecule has 0 amide bonds. The number of nitrogens with one attached hydrogen (secondary N) is 1. The van der Waals surface area contributed by atoms with E-state index in [1.165, 1.54) is 59.5 Å². The summed E-state index contributed by atoms with van der Waals surface area (Å²) >= 11 is 3.65. The Bertz CT molecular complexity index is 650. The minimum absolute atomic E-state index is 0. The molecule has 3 N–H and O–H groups in total. The minimum Gasteiger partial charge on any atom is -0.344 e. The van der Waals surface area contributed by atoms with Gasteiger partial charge in [-0.2, -0.15) is 0 Å². The molecule has 1 aromatic carbocycles. The van der Waals surface area contributed by atoms with Gasteiger partial charge < -0.3 is 15.6 Å². The third kappa shape index (κ3) is 5.46. The molecule has 5 heteroatoms. The average Bonchev–Trinajstić information content (AvgIpc) is 2.96. The first-order valence-electron chi connectivity index (χ1n) is 9.49. The SMILES string of the molecule is Cl.NCCCNCCCc1cn(C2CCCCC2)c2ccc(Br)cc12. The largest absolute Gasteiger partial charge is 0.344 e. The third-order valence-corrected chi connectivity index (χ3v) is 5.70. The van der Waals surface area contributed by atoms with E-state index >= 15 is 0 Å². The molecule has 0 spiro atoms. The average molecular weight is 429 g/mol. The van der Waals surface area contributed by atoms with Crippen molar-refractivity contribution in [3.63, 3.8) is 0 Å². The van der Waals surface area contributed by atoms with Crippen LogP contribution < -0.4 is 11.1 Å². The Balaban J connectivity index is 0.00000225. The lowest BCUT2D eigenvalue weighted by Crippen LogP contribution is -2.19. The number of hydrogen-bond acceptors (Lipinski definition) is 2. The molecule has 1 aliphatic carbocycles. The number of fused-ring (bicyclic) bond motifs is 1. The first-order chi connectivity index (χ1) is 11.8. The molecule has 3 nitrogen and oxygen atoms in total. The van der Waals surface area contributed by atoms with Crippen molar-refractivity contribution >= 4 is 39.2 Å². The highest BCUT2D eigenvalue weighted by Crippen LogP contribution is 2.34.